The van der Waals surface area contributed by atoms with Crippen LogP contribution in [0.3, 0.4) is 0 Å². The van der Waals surface area contributed by atoms with Crippen molar-refractivity contribution in [3.05, 3.63) is 21.9 Å². The van der Waals surface area contributed by atoms with Crippen molar-refractivity contribution in [3.8, 4) is 0 Å². The molecule has 5 heteroatoms. The number of hydrogen-bond donors (Lipinski definition) is 2. The molecule has 2 rings (SSSR count). The molecule has 0 bridgehead atoms. The smallest absolute Gasteiger partial charge is 0.191 e. The maximum absolute atomic E-state index is 4.69. The van der Waals surface area contributed by atoms with Gasteiger partial charge >= 0.3 is 0 Å². The SMILES string of the molecule is CCNC(=NCc1sccc1C)NCCN(CC)C1CC1. The first-order chi connectivity index (χ1) is 10.2. The Hall–Kier alpha value is -1.07. The van der Waals surface area contributed by atoms with E-state index < -0.39 is 0 Å². The van der Waals surface area contributed by atoms with Crippen molar-refractivity contribution in [3.63, 3.8) is 0 Å². The molecule has 1 aliphatic carbocycles. The number of rotatable bonds is 8. The van der Waals surface area contributed by atoms with Crippen LogP contribution in [-0.2, 0) is 6.54 Å². The Balaban J connectivity index is 1.79. The Bertz CT molecular complexity index is 451. The van der Waals surface area contributed by atoms with Crippen LogP contribution in [0.5, 0.6) is 0 Å². The highest BCUT2D eigenvalue weighted by atomic mass is 32.1. The van der Waals surface area contributed by atoms with Gasteiger partial charge in [-0.2, -0.15) is 0 Å². The molecule has 1 fully saturated rings. The number of aryl methyl sites for hydroxylation is 1. The molecular formula is C16H28N4S. The topological polar surface area (TPSA) is 39.7 Å². The van der Waals surface area contributed by atoms with Crippen LogP contribution >= 0.6 is 11.3 Å². The normalized spacial score (nSPS) is 15.5. The second kappa shape index (κ2) is 8.39. The number of hydrogen-bond acceptors (Lipinski definition) is 3. The summed E-state index contributed by atoms with van der Waals surface area (Å²) >= 11 is 1.78. The standard InChI is InChI=1S/C16H28N4S/c1-4-17-16(19-12-15-13(3)8-11-21-15)18-9-10-20(5-2)14-6-7-14/h8,11,14H,4-7,9-10,12H2,1-3H3,(H2,17,18,19). The van der Waals surface area contributed by atoms with Gasteiger partial charge in [0.25, 0.3) is 0 Å². The number of aliphatic imine (C=N–C) groups is 1. The molecule has 0 atom stereocenters. The number of nitrogens with one attached hydrogen (secondary N) is 2. The molecule has 1 aromatic heterocycles. The minimum absolute atomic E-state index is 0.763. The molecule has 1 aromatic rings. The molecule has 4 nitrogen and oxygen atoms in total. The van der Waals surface area contributed by atoms with Crippen LogP contribution in [0.2, 0.25) is 0 Å². The first kappa shape index (κ1) is 16.3. The van der Waals surface area contributed by atoms with Gasteiger partial charge in [0.05, 0.1) is 6.54 Å². The lowest BCUT2D eigenvalue weighted by molar-refractivity contribution is 0.282. The van der Waals surface area contributed by atoms with E-state index in [1.165, 1.54) is 23.3 Å². The fourth-order valence-electron chi connectivity index (χ4n) is 2.42. The van der Waals surface area contributed by atoms with E-state index in [0.717, 1.165) is 44.7 Å². The van der Waals surface area contributed by atoms with Crippen LogP contribution in [-0.4, -0.2) is 43.1 Å². The molecule has 2 N–H and O–H groups in total. The van der Waals surface area contributed by atoms with E-state index in [-0.39, 0.29) is 0 Å². The second-order valence-corrected chi connectivity index (χ2v) is 6.51. The zero-order valence-electron chi connectivity index (χ0n) is 13.5. The molecule has 0 radical (unpaired) electrons. The zero-order valence-corrected chi connectivity index (χ0v) is 14.3. The van der Waals surface area contributed by atoms with E-state index >= 15 is 0 Å². The van der Waals surface area contributed by atoms with E-state index in [1.54, 1.807) is 11.3 Å². The molecule has 118 valence electrons. The third kappa shape index (κ3) is 5.32. The largest absolute Gasteiger partial charge is 0.357 e. The molecule has 0 aliphatic heterocycles. The Kier molecular flexibility index (Phi) is 6.51. The number of likely N-dealkylation sites (N-methyl/N-ethyl adjacent to an activating group) is 1. The van der Waals surface area contributed by atoms with E-state index in [2.05, 4.69) is 52.7 Å². The van der Waals surface area contributed by atoms with Crippen molar-refractivity contribution < 1.29 is 0 Å². The van der Waals surface area contributed by atoms with Crippen molar-refractivity contribution in [2.75, 3.05) is 26.2 Å². The molecule has 0 saturated heterocycles. The summed E-state index contributed by atoms with van der Waals surface area (Å²) in [5, 5.41) is 8.91. The average Bonchev–Trinajstić information content (AvgIpc) is 3.24. The van der Waals surface area contributed by atoms with Gasteiger partial charge in [0.2, 0.25) is 0 Å². The van der Waals surface area contributed by atoms with Crippen LogP contribution in [0.25, 0.3) is 0 Å². The van der Waals surface area contributed by atoms with Gasteiger partial charge in [-0.3, -0.25) is 4.90 Å². The quantitative estimate of drug-likeness (QED) is 0.573. The molecule has 1 saturated carbocycles. The van der Waals surface area contributed by atoms with Crippen molar-refractivity contribution in [2.45, 2.75) is 46.2 Å². The molecule has 1 heterocycles. The van der Waals surface area contributed by atoms with Gasteiger partial charge in [0.1, 0.15) is 0 Å². The Morgan fingerprint density at radius 2 is 2.19 bits per heavy atom. The van der Waals surface area contributed by atoms with Crippen LogP contribution in [0.1, 0.15) is 37.1 Å². The lowest BCUT2D eigenvalue weighted by atomic mass is 10.3. The summed E-state index contributed by atoms with van der Waals surface area (Å²) in [7, 11) is 0. The summed E-state index contributed by atoms with van der Waals surface area (Å²) in [5.74, 6) is 0.928. The van der Waals surface area contributed by atoms with Crippen molar-refractivity contribution in [1.82, 2.24) is 15.5 Å². The predicted octanol–water partition coefficient (Wildman–Crippen LogP) is 2.60. The predicted molar refractivity (Wildman–Crippen MR) is 92.1 cm³/mol. The van der Waals surface area contributed by atoms with Gasteiger partial charge < -0.3 is 10.6 Å². The maximum Gasteiger partial charge on any atom is 0.191 e. The fraction of sp³-hybridized carbons (Fsp3) is 0.688. The lowest BCUT2D eigenvalue weighted by Gasteiger charge is -2.20. The Morgan fingerprint density at radius 3 is 2.76 bits per heavy atom. The summed E-state index contributed by atoms with van der Waals surface area (Å²) in [6.45, 7) is 11.4. The van der Waals surface area contributed by atoms with Crippen molar-refractivity contribution in [2.24, 2.45) is 4.99 Å². The summed E-state index contributed by atoms with van der Waals surface area (Å²) in [5.41, 5.74) is 1.34. The summed E-state index contributed by atoms with van der Waals surface area (Å²) in [6.07, 6.45) is 2.75. The van der Waals surface area contributed by atoms with E-state index in [9.17, 15) is 0 Å². The lowest BCUT2D eigenvalue weighted by Crippen LogP contribution is -2.42. The first-order valence-corrected chi connectivity index (χ1v) is 8.91. The maximum atomic E-state index is 4.69. The van der Waals surface area contributed by atoms with E-state index in [0.29, 0.717) is 0 Å². The second-order valence-electron chi connectivity index (χ2n) is 5.51. The first-order valence-electron chi connectivity index (χ1n) is 8.03. The molecule has 0 amide bonds. The molecule has 0 aromatic carbocycles. The number of nitrogens with zero attached hydrogens (tertiary/aromatic N) is 2. The van der Waals surface area contributed by atoms with Crippen molar-refractivity contribution in [1.29, 1.82) is 0 Å². The van der Waals surface area contributed by atoms with Crippen LogP contribution in [0, 0.1) is 6.92 Å². The highest BCUT2D eigenvalue weighted by Crippen LogP contribution is 2.25. The van der Waals surface area contributed by atoms with Crippen LogP contribution in [0.4, 0.5) is 0 Å². The third-order valence-electron chi connectivity index (χ3n) is 3.85. The molecule has 1 aliphatic rings. The Morgan fingerprint density at radius 1 is 1.38 bits per heavy atom. The van der Waals surface area contributed by atoms with Gasteiger partial charge in [-0.15, -0.1) is 11.3 Å². The fourth-order valence-corrected chi connectivity index (χ4v) is 3.24. The van der Waals surface area contributed by atoms with Crippen LogP contribution in [0.15, 0.2) is 16.4 Å². The van der Waals surface area contributed by atoms with E-state index in [4.69, 9.17) is 0 Å². The average molecular weight is 308 g/mol. The highest BCUT2D eigenvalue weighted by molar-refractivity contribution is 7.10. The number of guanidine groups is 1. The molecule has 0 spiro atoms. The zero-order chi connectivity index (χ0) is 15.1. The van der Waals surface area contributed by atoms with Crippen molar-refractivity contribution >= 4 is 17.3 Å². The Labute approximate surface area is 132 Å². The van der Waals surface area contributed by atoms with Gasteiger partial charge in [0, 0.05) is 30.6 Å². The molecular weight excluding hydrogens is 280 g/mol. The van der Waals surface area contributed by atoms with Gasteiger partial charge in [-0.25, -0.2) is 4.99 Å². The van der Waals surface area contributed by atoms with Gasteiger partial charge in [0.15, 0.2) is 5.96 Å². The van der Waals surface area contributed by atoms with Gasteiger partial charge in [-0.05, 0) is 50.2 Å². The molecule has 0 unspecified atom stereocenters. The van der Waals surface area contributed by atoms with Crippen LogP contribution < -0.4 is 10.6 Å². The van der Waals surface area contributed by atoms with Gasteiger partial charge in [-0.1, -0.05) is 6.92 Å². The minimum Gasteiger partial charge on any atom is -0.357 e. The summed E-state index contributed by atoms with van der Waals surface area (Å²) in [6, 6.07) is 3.00. The number of thiophene rings is 1. The molecule has 21 heavy (non-hydrogen) atoms. The summed E-state index contributed by atoms with van der Waals surface area (Å²) < 4.78 is 0. The third-order valence-corrected chi connectivity index (χ3v) is 4.86. The van der Waals surface area contributed by atoms with E-state index in [1.807, 2.05) is 0 Å². The minimum atomic E-state index is 0.763. The summed E-state index contributed by atoms with van der Waals surface area (Å²) in [4.78, 5) is 8.59. The monoisotopic (exact) mass is 308 g/mol. The highest BCUT2D eigenvalue weighted by Gasteiger charge is 2.27.